The Hall–Kier alpha value is -2.33. The molecule has 2 aromatic rings. The molecule has 2 aliphatic carbocycles. The number of aliphatic hydroxyl groups is 1. The number of aromatic nitrogens is 2. The maximum atomic E-state index is 13.4. The molecule has 1 N–H and O–H groups in total. The largest absolute Gasteiger partial charge is 0.433 e. The highest BCUT2D eigenvalue weighted by molar-refractivity contribution is 6.31. The predicted molar refractivity (Wildman–Crippen MR) is 104 cm³/mol. The van der Waals surface area contributed by atoms with Gasteiger partial charge in [0.05, 0.1) is 17.7 Å². The number of pyridine rings is 1. The molecule has 7 nitrogen and oxygen atoms in total. The first-order valence-corrected chi connectivity index (χ1v) is 10.5. The molecule has 4 atom stereocenters. The van der Waals surface area contributed by atoms with E-state index in [0.29, 0.717) is 10.4 Å². The molecule has 2 amide bonds. The highest BCUT2D eigenvalue weighted by Crippen LogP contribution is 2.53. The number of alkyl halides is 3. The third-order valence-corrected chi connectivity index (χ3v) is 6.96. The fourth-order valence-corrected chi connectivity index (χ4v) is 5.20. The van der Waals surface area contributed by atoms with Crippen LogP contribution in [0.4, 0.5) is 13.2 Å². The SMILES string of the molecule is Cc1c(C(=O)N2CCN([C@H]3C[C@@H]4C[C@@H]4C3O)C(=O)C2)nn2c(C(F)(F)F)cc(Cl)cc12. The van der Waals surface area contributed by atoms with E-state index in [9.17, 15) is 27.9 Å². The first-order chi connectivity index (χ1) is 14.6. The van der Waals surface area contributed by atoms with Crippen LogP contribution in [0.5, 0.6) is 0 Å². The van der Waals surface area contributed by atoms with Gasteiger partial charge in [0.1, 0.15) is 12.2 Å². The second-order valence-electron chi connectivity index (χ2n) is 8.59. The monoisotopic (exact) mass is 456 g/mol. The first-order valence-electron chi connectivity index (χ1n) is 10.1. The zero-order chi connectivity index (χ0) is 22.2. The van der Waals surface area contributed by atoms with Gasteiger partial charge >= 0.3 is 6.18 Å². The summed E-state index contributed by atoms with van der Waals surface area (Å²) in [5.74, 6) is -0.130. The molecule has 3 aliphatic rings. The maximum absolute atomic E-state index is 13.4. The average Bonchev–Trinajstić information content (AvgIpc) is 3.31. The van der Waals surface area contributed by atoms with Gasteiger partial charge in [-0.05, 0) is 43.7 Å². The molecule has 5 rings (SSSR count). The molecule has 3 heterocycles. The van der Waals surface area contributed by atoms with E-state index in [2.05, 4.69) is 5.10 Å². The number of hydrogen-bond donors (Lipinski definition) is 1. The molecule has 3 fully saturated rings. The Morgan fingerprint density at radius 1 is 1.26 bits per heavy atom. The summed E-state index contributed by atoms with van der Waals surface area (Å²) in [5, 5.41) is 14.2. The van der Waals surface area contributed by atoms with Crippen molar-refractivity contribution in [2.24, 2.45) is 11.8 Å². The number of amides is 2. The Labute approximate surface area is 180 Å². The van der Waals surface area contributed by atoms with Gasteiger partial charge < -0.3 is 14.9 Å². The molecule has 1 unspecified atom stereocenters. The van der Waals surface area contributed by atoms with Crippen molar-refractivity contribution < 1.29 is 27.9 Å². The third-order valence-electron chi connectivity index (χ3n) is 6.74. The number of nitrogens with zero attached hydrogens (tertiary/aromatic N) is 4. The quantitative estimate of drug-likeness (QED) is 0.752. The van der Waals surface area contributed by atoms with Crippen LogP contribution >= 0.6 is 11.6 Å². The summed E-state index contributed by atoms with van der Waals surface area (Å²) in [4.78, 5) is 28.7. The number of piperazine rings is 1. The fraction of sp³-hybridized carbons (Fsp3) is 0.550. The van der Waals surface area contributed by atoms with Crippen LogP contribution in [0.3, 0.4) is 0 Å². The van der Waals surface area contributed by atoms with Gasteiger partial charge in [0, 0.05) is 23.7 Å². The molecule has 11 heteroatoms. The fourth-order valence-electron chi connectivity index (χ4n) is 5.00. The Morgan fingerprint density at radius 2 is 2.00 bits per heavy atom. The van der Waals surface area contributed by atoms with Crippen molar-refractivity contribution in [3.8, 4) is 0 Å². The van der Waals surface area contributed by atoms with Gasteiger partial charge in [0.2, 0.25) is 5.91 Å². The Bertz CT molecular complexity index is 1100. The highest BCUT2D eigenvalue weighted by atomic mass is 35.5. The molecule has 2 aromatic heterocycles. The summed E-state index contributed by atoms with van der Waals surface area (Å²) in [5.41, 5.74) is -0.872. The van der Waals surface area contributed by atoms with Crippen molar-refractivity contribution in [2.45, 2.75) is 38.1 Å². The number of hydrogen-bond acceptors (Lipinski definition) is 4. The van der Waals surface area contributed by atoms with Gasteiger partial charge in [-0.1, -0.05) is 11.6 Å². The second kappa shape index (κ2) is 6.83. The minimum Gasteiger partial charge on any atom is -0.391 e. The van der Waals surface area contributed by atoms with Crippen LogP contribution < -0.4 is 0 Å². The molecular formula is C20H20ClF3N4O3. The van der Waals surface area contributed by atoms with Crippen molar-refractivity contribution in [1.82, 2.24) is 19.4 Å². The van der Waals surface area contributed by atoms with Gasteiger partial charge in [0.25, 0.3) is 5.91 Å². The molecule has 0 aromatic carbocycles. The number of rotatable bonds is 2. The van der Waals surface area contributed by atoms with Gasteiger partial charge in [-0.3, -0.25) is 9.59 Å². The standard InChI is InChI=1S/C20H20ClF3N4O3/c1-9-13-6-11(21)7-15(20(22,23)24)28(13)25-17(9)19(31)26-2-3-27(16(29)8-26)14-5-10-4-12(10)18(14)30/h6-7,10,12,14,18,30H,2-5,8H2,1H3/t10-,12-,14-,18?/m0/s1. The number of carbonyl (C=O) groups excluding carboxylic acids is 2. The summed E-state index contributed by atoms with van der Waals surface area (Å²) < 4.78 is 40.9. The highest BCUT2D eigenvalue weighted by Gasteiger charge is 2.55. The van der Waals surface area contributed by atoms with E-state index in [1.165, 1.54) is 17.9 Å². The minimum absolute atomic E-state index is 0.0847. The van der Waals surface area contributed by atoms with Crippen LogP contribution in [-0.4, -0.2) is 68.1 Å². The van der Waals surface area contributed by atoms with E-state index < -0.39 is 23.9 Å². The number of carbonyl (C=O) groups is 2. The average molecular weight is 457 g/mol. The molecule has 2 saturated carbocycles. The predicted octanol–water partition coefficient (Wildman–Crippen LogP) is 2.37. The van der Waals surface area contributed by atoms with E-state index in [1.54, 1.807) is 4.90 Å². The zero-order valence-corrected chi connectivity index (χ0v) is 17.3. The topological polar surface area (TPSA) is 78.2 Å². The lowest BCUT2D eigenvalue weighted by Crippen LogP contribution is -2.57. The lowest BCUT2D eigenvalue weighted by Gasteiger charge is -2.39. The lowest BCUT2D eigenvalue weighted by atomic mass is 10.1. The number of halogens is 4. The van der Waals surface area contributed by atoms with Gasteiger partial charge in [-0.15, -0.1) is 0 Å². The third kappa shape index (κ3) is 3.27. The van der Waals surface area contributed by atoms with E-state index in [1.807, 2.05) is 0 Å². The van der Waals surface area contributed by atoms with Crippen LogP contribution in [-0.2, 0) is 11.0 Å². The van der Waals surface area contributed by atoms with Crippen molar-refractivity contribution in [1.29, 1.82) is 0 Å². The summed E-state index contributed by atoms with van der Waals surface area (Å²) in [6, 6.07) is 1.86. The number of aryl methyl sites for hydroxylation is 1. The van der Waals surface area contributed by atoms with Crippen LogP contribution in [0.25, 0.3) is 5.52 Å². The van der Waals surface area contributed by atoms with E-state index in [4.69, 9.17) is 11.6 Å². The van der Waals surface area contributed by atoms with E-state index in [0.717, 1.165) is 18.9 Å². The van der Waals surface area contributed by atoms with Crippen molar-refractivity contribution in [3.05, 3.63) is 34.1 Å². The summed E-state index contributed by atoms with van der Waals surface area (Å²) in [6.07, 6.45) is -3.45. The number of fused-ring (bicyclic) bond motifs is 2. The van der Waals surface area contributed by atoms with Crippen LogP contribution in [0.15, 0.2) is 12.1 Å². The molecule has 166 valence electrons. The van der Waals surface area contributed by atoms with E-state index in [-0.39, 0.29) is 59.3 Å². The lowest BCUT2D eigenvalue weighted by molar-refractivity contribution is -0.142. The molecule has 0 spiro atoms. The molecule has 0 radical (unpaired) electrons. The first kappa shape index (κ1) is 20.6. The zero-order valence-electron chi connectivity index (χ0n) is 16.6. The number of aliphatic hydroxyl groups excluding tert-OH is 1. The van der Waals surface area contributed by atoms with Gasteiger partial charge in [0.15, 0.2) is 5.69 Å². The summed E-state index contributed by atoms with van der Waals surface area (Å²) >= 11 is 5.85. The van der Waals surface area contributed by atoms with E-state index >= 15 is 0 Å². The Kier molecular flexibility index (Phi) is 4.53. The Morgan fingerprint density at radius 3 is 2.61 bits per heavy atom. The van der Waals surface area contributed by atoms with Crippen molar-refractivity contribution in [2.75, 3.05) is 19.6 Å². The van der Waals surface area contributed by atoms with Crippen LogP contribution in [0, 0.1) is 18.8 Å². The normalized spacial score (nSPS) is 28.4. The van der Waals surface area contributed by atoms with Gasteiger partial charge in [-0.25, -0.2) is 4.52 Å². The molecule has 1 aliphatic heterocycles. The smallest absolute Gasteiger partial charge is 0.391 e. The molecule has 0 bridgehead atoms. The Balaban J connectivity index is 1.39. The molecule has 31 heavy (non-hydrogen) atoms. The maximum Gasteiger partial charge on any atom is 0.433 e. The molecule has 1 saturated heterocycles. The van der Waals surface area contributed by atoms with Crippen LogP contribution in [0.2, 0.25) is 5.02 Å². The van der Waals surface area contributed by atoms with Crippen LogP contribution in [0.1, 0.15) is 34.6 Å². The van der Waals surface area contributed by atoms with Gasteiger partial charge in [-0.2, -0.15) is 18.3 Å². The summed E-state index contributed by atoms with van der Waals surface area (Å²) in [6.45, 7) is 1.81. The molecular weight excluding hydrogens is 437 g/mol. The van der Waals surface area contributed by atoms with Crippen molar-refractivity contribution in [3.63, 3.8) is 0 Å². The minimum atomic E-state index is -4.70. The summed E-state index contributed by atoms with van der Waals surface area (Å²) in [7, 11) is 0. The van der Waals surface area contributed by atoms with Crippen molar-refractivity contribution >= 4 is 28.9 Å². The second-order valence-corrected chi connectivity index (χ2v) is 9.03.